The quantitative estimate of drug-likeness (QED) is 0.662. The van der Waals surface area contributed by atoms with E-state index in [9.17, 15) is 4.79 Å². The Kier molecular flexibility index (Phi) is 4.71. The van der Waals surface area contributed by atoms with Crippen LogP contribution in [0.5, 0.6) is 0 Å². The summed E-state index contributed by atoms with van der Waals surface area (Å²) >= 11 is 1.73. The summed E-state index contributed by atoms with van der Waals surface area (Å²) in [6.07, 6.45) is 7.52. The maximum Gasteiger partial charge on any atom is 0.246 e. The maximum atomic E-state index is 12.3. The van der Waals surface area contributed by atoms with Crippen LogP contribution >= 0.6 is 11.3 Å². The highest BCUT2D eigenvalue weighted by molar-refractivity contribution is 7.18. The van der Waals surface area contributed by atoms with Crippen LogP contribution in [0.15, 0.2) is 41.3 Å². The third kappa shape index (κ3) is 3.35. The number of anilines is 1. The highest BCUT2D eigenvalue weighted by atomic mass is 32.1. The molecule has 4 heterocycles. The number of piperazine rings is 1. The van der Waals surface area contributed by atoms with Gasteiger partial charge in [-0.15, -0.1) is 11.3 Å². The second kappa shape index (κ2) is 7.29. The number of aryl methyl sites for hydroxylation is 1. The SMILES string of the molecule is CCc1cc2c(N3CCN(C(=O)/C=C/c4ccco4)CC3)ncnc2s1. The van der Waals surface area contributed by atoms with Gasteiger partial charge >= 0.3 is 0 Å². The number of hydrogen-bond donors (Lipinski definition) is 0. The van der Waals surface area contributed by atoms with Crippen molar-refractivity contribution in [2.45, 2.75) is 13.3 Å². The zero-order valence-electron chi connectivity index (χ0n) is 14.6. The van der Waals surface area contributed by atoms with Crippen molar-refractivity contribution in [2.24, 2.45) is 0 Å². The molecule has 6 nitrogen and oxygen atoms in total. The van der Waals surface area contributed by atoms with Gasteiger partial charge in [0.1, 0.15) is 22.7 Å². The fourth-order valence-electron chi connectivity index (χ4n) is 3.10. The van der Waals surface area contributed by atoms with E-state index in [1.54, 1.807) is 42.1 Å². The fourth-order valence-corrected chi connectivity index (χ4v) is 4.03. The van der Waals surface area contributed by atoms with Gasteiger partial charge in [-0.1, -0.05) is 6.92 Å². The average Bonchev–Trinajstić information content (AvgIpc) is 3.35. The van der Waals surface area contributed by atoms with Crippen molar-refractivity contribution in [1.29, 1.82) is 0 Å². The van der Waals surface area contributed by atoms with Crippen LogP contribution in [0.3, 0.4) is 0 Å². The Bertz CT molecular complexity index is 924. The third-order valence-corrected chi connectivity index (χ3v) is 5.72. The van der Waals surface area contributed by atoms with E-state index in [4.69, 9.17) is 4.42 Å². The maximum absolute atomic E-state index is 12.3. The molecule has 4 rings (SSSR count). The molecule has 0 spiro atoms. The Morgan fingerprint density at radius 2 is 2.15 bits per heavy atom. The number of hydrogen-bond acceptors (Lipinski definition) is 6. The lowest BCUT2D eigenvalue weighted by molar-refractivity contribution is -0.126. The second-order valence-corrected chi connectivity index (χ2v) is 7.26. The van der Waals surface area contributed by atoms with Crippen molar-refractivity contribution in [3.8, 4) is 0 Å². The molecule has 1 fully saturated rings. The van der Waals surface area contributed by atoms with Crippen LogP contribution in [0, 0.1) is 0 Å². The number of carbonyl (C=O) groups excluding carboxylic acids is 1. The van der Waals surface area contributed by atoms with Gasteiger partial charge in [-0.25, -0.2) is 9.97 Å². The van der Waals surface area contributed by atoms with Gasteiger partial charge in [0.2, 0.25) is 5.91 Å². The van der Waals surface area contributed by atoms with Gasteiger partial charge in [0, 0.05) is 37.1 Å². The lowest BCUT2D eigenvalue weighted by Gasteiger charge is -2.35. The van der Waals surface area contributed by atoms with Gasteiger partial charge in [-0.05, 0) is 30.7 Å². The number of carbonyl (C=O) groups is 1. The summed E-state index contributed by atoms with van der Waals surface area (Å²) in [5.41, 5.74) is 0. The van der Waals surface area contributed by atoms with Crippen LogP contribution in [0.2, 0.25) is 0 Å². The Balaban J connectivity index is 1.44. The molecule has 3 aromatic heterocycles. The van der Waals surface area contributed by atoms with E-state index in [2.05, 4.69) is 27.9 Å². The number of aromatic nitrogens is 2. The van der Waals surface area contributed by atoms with Gasteiger partial charge < -0.3 is 14.2 Å². The van der Waals surface area contributed by atoms with Crippen LogP contribution < -0.4 is 4.90 Å². The van der Waals surface area contributed by atoms with Gasteiger partial charge in [0.15, 0.2) is 0 Å². The summed E-state index contributed by atoms with van der Waals surface area (Å²) in [6.45, 7) is 5.04. The Hall–Kier alpha value is -2.67. The molecule has 0 bridgehead atoms. The summed E-state index contributed by atoms with van der Waals surface area (Å²) in [6, 6.07) is 5.83. The number of nitrogens with zero attached hydrogens (tertiary/aromatic N) is 4. The molecule has 0 atom stereocenters. The predicted molar refractivity (Wildman–Crippen MR) is 103 cm³/mol. The molecule has 1 aliphatic rings. The van der Waals surface area contributed by atoms with Gasteiger partial charge in [0.05, 0.1) is 11.6 Å². The molecule has 134 valence electrons. The smallest absolute Gasteiger partial charge is 0.246 e. The molecule has 7 heteroatoms. The van der Waals surface area contributed by atoms with E-state index in [0.717, 1.165) is 35.5 Å². The highest BCUT2D eigenvalue weighted by Gasteiger charge is 2.22. The average molecular weight is 368 g/mol. The Morgan fingerprint density at radius 3 is 2.88 bits per heavy atom. The number of furan rings is 1. The van der Waals surface area contributed by atoms with Crippen molar-refractivity contribution in [1.82, 2.24) is 14.9 Å². The van der Waals surface area contributed by atoms with Crippen molar-refractivity contribution >= 4 is 39.4 Å². The highest BCUT2D eigenvalue weighted by Crippen LogP contribution is 2.30. The molecule has 0 saturated carbocycles. The molecular weight excluding hydrogens is 348 g/mol. The number of rotatable bonds is 4. The first-order valence-electron chi connectivity index (χ1n) is 8.73. The van der Waals surface area contributed by atoms with E-state index in [-0.39, 0.29) is 5.91 Å². The first kappa shape index (κ1) is 16.8. The molecule has 1 aliphatic heterocycles. The van der Waals surface area contributed by atoms with Crippen LogP contribution in [0.25, 0.3) is 16.3 Å². The number of thiophene rings is 1. The van der Waals surface area contributed by atoms with E-state index >= 15 is 0 Å². The molecule has 1 saturated heterocycles. The fraction of sp³-hybridized carbons (Fsp3) is 0.316. The third-order valence-electron chi connectivity index (χ3n) is 4.53. The predicted octanol–water partition coefficient (Wildman–Crippen LogP) is 3.21. The van der Waals surface area contributed by atoms with Crippen molar-refractivity contribution in [3.05, 3.63) is 47.5 Å². The summed E-state index contributed by atoms with van der Waals surface area (Å²) in [7, 11) is 0. The molecule has 0 aliphatic carbocycles. The second-order valence-electron chi connectivity index (χ2n) is 6.14. The normalized spacial score (nSPS) is 15.3. The lowest BCUT2D eigenvalue weighted by Crippen LogP contribution is -2.48. The summed E-state index contributed by atoms with van der Waals surface area (Å²) in [5.74, 6) is 1.67. The van der Waals surface area contributed by atoms with Gasteiger partial charge in [-0.3, -0.25) is 4.79 Å². The molecule has 0 aromatic carbocycles. The Labute approximate surface area is 155 Å². The van der Waals surface area contributed by atoms with E-state index in [1.165, 1.54) is 4.88 Å². The zero-order chi connectivity index (χ0) is 17.9. The van der Waals surface area contributed by atoms with Crippen LogP contribution in [0.4, 0.5) is 5.82 Å². The van der Waals surface area contributed by atoms with E-state index in [1.807, 2.05) is 11.0 Å². The minimum Gasteiger partial charge on any atom is -0.465 e. The standard InChI is InChI=1S/C19H20N4O2S/c1-2-15-12-16-18(20-13-21-19(16)26-15)23-9-7-22(8-10-23)17(24)6-5-14-4-3-11-25-14/h3-6,11-13H,2,7-10H2,1H3/b6-5+. The zero-order valence-corrected chi connectivity index (χ0v) is 15.4. The summed E-state index contributed by atoms with van der Waals surface area (Å²) in [4.78, 5) is 27.7. The van der Waals surface area contributed by atoms with Crippen LogP contribution in [0.1, 0.15) is 17.6 Å². The molecule has 0 N–H and O–H groups in total. The van der Waals surface area contributed by atoms with Gasteiger partial charge in [0.25, 0.3) is 0 Å². The van der Waals surface area contributed by atoms with Crippen molar-refractivity contribution in [3.63, 3.8) is 0 Å². The first-order chi connectivity index (χ1) is 12.7. The number of amides is 1. The largest absolute Gasteiger partial charge is 0.465 e. The molecule has 0 unspecified atom stereocenters. The first-order valence-corrected chi connectivity index (χ1v) is 9.55. The molecule has 26 heavy (non-hydrogen) atoms. The molecule has 3 aromatic rings. The van der Waals surface area contributed by atoms with Crippen LogP contribution in [-0.4, -0.2) is 47.0 Å². The van der Waals surface area contributed by atoms with Crippen molar-refractivity contribution in [2.75, 3.05) is 31.1 Å². The topological polar surface area (TPSA) is 62.5 Å². The summed E-state index contributed by atoms with van der Waals surface area (Å²) < 4.78 is 5.22. The minimum atomic E-state index is 0.0117. The Morgan fingerprint density at radius 1 is 1.31 bits per heavy atom. The van der Waals surface area contributed by atoms with E-state index < -0.39 is 0 Å². The monoisotopic (exact) mass is 368 g/mol. The molecule has 1 amide bonds. The van der Waals surface area contributed by atoms with Gasteiger partial charge in [-0.2, -0.15) is 0 Å². The molecular formula is C19H20N4O2S. The number of fused-ring (bicyclic) bond motifs is 1. The molecule has 0 radical (unpaired) electrons. The van der Waals surface area contributed by atoms with Crippen molar-refractivity contribution < 1.29 is 9.21 Å². The lowest BCUT2D eigenvalue weighted by atomic mass is 10.2. The minimum absolute atomic E-state index is 0.0117. The summed E-state index contributed by atoms with van der Waals surface area (Å²) in [5, 5.41) is 1.12. The van der Waals surface area contributed by atoms with E-state index in [0.29, 0.717) is 18.8 Å². The van der Waals surface area contributed by atoms with Crippen LogP contribution in [-0.2, 0) is 11.2 Å².